The van der Waals surface area contributed by atoms with Crippen LogP contribution in [0.4, 0.5) is 8.78 Å². The summed E-state index contributed by atoms with van der Waals surface area (Å²) >= 11 is 0. The van der Waals surface area contributed by atoms with E-state index in [1.165, 1.54) is 12.3 Å². The first-order valence-corrected chi connectivity index (χ1v) is 3.48. The Labute approximate surface area is 68.9 Å². The van der Waals surface area contributed by atoms with Crippen LogP contribution in [0.15, 0.2) is 18.3 Å². The van der Waals surface area contributed by atoms with Gasteiger partial charge < -0.3 is 5.11 Å². The maximum atomic E-state index is 12.8. The van der Waals surface area contributed by atoms with Crippen LogP contribution in [0.25, 0.3) is 0 Å². The lowest BCUT2D eigenvalue weighted by molar-refractivity contribution is -0.0592. The van der Waals surface area contributed by atoms with Gasteiger partial charge in [-0.25, -0.2) is 0 Å². The van der Waals surface area contributed by atoms with E-state index in [-0.39, 0.29) is 5.69 Å². The topological polar surface area (TPSA) is 33.1 Å². The average Bonchev–Trinajstić information content (AvgIpc) is 2.05. The van der Waals surface area contributed by atoms with Crippen LogP contribution in [0, 0.1) is 6.92 Å². The Hall–Kier alpha value is -1.03. The fraction of sp³-hybridized carbons (Fsp3) is 0.375. The molecule has 0 fully saturated rings. The smallest absolute Gasteiger partial charge is 0.312 e. The number of aromatic nitrogens is 1. The average molecular weight is 173 g/mol. The number of alkyl halides is 2. The highest BCUT2D eigenvalue weighted by Gasteiger charge is 2.31. The number of rotatable bonds is 2. The molecule has 4 heteroatoms. The number of aliphatic hydroxyl groups is 1. The van der Waals surface area contributed by atoms with E-state index in [0.29, 0.717) is 5.56 Å². The molecule has 1 aromatic heterocycles. The number of aryl methyl sites for hydroxylation is 1. The Bertz CT molecular complexity index is 276. The van der Waals surface area contributed by atoms with Crippen molar-refractivity contribution in [1.82, 2.24) is 4.98 Å². The predicted molar refractivity (Wildman–Crippen MR) is 40.0 cm³/mol. The van der Waals surface area contributed by atoms with Gasteiger partial charge in [0.15, 0.2) is 0 Å². The van der Waals surface area contributed by atoms with Gasteiger partial charge in [0.1, 0.15) is 12.3 Å². The lowest BCUT2D eigenvalue weighted by atomic mass is 10.2. The van der Waals surface area contributed by atoms with Gasteiger partial charge >= 0.3 is 5.92 Å². The Morgan fingerprint density at radius 1 is 1.58 bits per heavy atom. The molecule has 1 heterocycles. The number of hydrogen-bond donors (Lipinski definition) is 1. The first-order chi connectivity index (χ1) is 5.56. The summed E-state index contributed by atoms with van der Waals surface area (Å²) in [5, 5.41) is 8.35. The zero-order chi connectivity index (χ0) is 9.19. The summed E-state index contributed by atoms with van der Waals surface area (Å²) in [6.45, 7) is 0.488. The molecule has 0 aromatic carbocycles. The number of aliphatic hydroxyl groups excluding tert-OH is 1. The second-order valence-corrected chi connectivity index (χ2v) is 2.58. The van der Waals surface area contributed by atoms with Gasteiger partial charge in [-0.05, 0) is 24.6 Å². The van der Waals surface area contributed by atoms with Crippen LogP contribution in [0.3, 0.4) is 0 Å². The van der Waals surface area contributed by atoms with E-state index in [9.17, 15) is 8.78 Å². The lowest BCUT2D eigenvalue weighted by Gasteiger charge is -2.12. The summed E-state index contributed by atoms with van der Waals surface area (Å²) in [7, 11) is 0. The van der Waals surface area contributed by atoms with E-state index in [1.54, 1.807) is 13.0 Å². The normalized spacial score (nSPS) is 11.7. The van der Waals surface area contributed by atoms with E-state index in [1.807, 2.05) is 0 Å². The third kappa shape index (κ3) is 1.76. The van der Waals surface area contributed by atoms with Gasteiger partial charge in [0, 0.05) is 6.20 Å². The van der Waals surface area contributed by atoms with Gasteiger partial charge in [-0.3, -0.25) is 4.98 Å². The minimum Gasteiger partial charge on any atom is -0.390 e. The molecule has 0 bridgehead atoms. The monoisotopic (exact) mass is 173 g/mol. The van der Waals surface area contributed by atoms with Gasteiger partial charge in [0.05, 0.1) is 0 Å². The molecule has 1 rings (SSSR count). The molecule has 1 N–H and O–H groups in total. The molecular weight excluding hydrogens is 164 g/mol. The molecule has 12 heavy (non-hydrogen) atoms. The Balaban J connectivity index is 3.03. The van der Waals surface area contributed by atoms with Crippen LogP contribution in [-0.2, 0) is 5.92 Å². The van der Waals surface area contributed by atoms with E-state index < -0.39 is 12.5 Å². The van der Waals surface area contributed by atoms with E-state index in [0.717, 1.165) is 0 Å². The maximum Gasteiger partial charge on any atom is 0.312 e. The minimum absolute atomic E-state index is 0.384. The van der Waals surface area contributed by atoms with Crippen molar-refractivity contribution in [2.24, 2.45) is 0 Å². The van der Waals surface area contributed by atoms with Crippen LogP contribution < -0.4 is 0 Å². The van der Waals surface area contributed by atoms with Gasteiger partial charge in [-0.1, -0.05) is 0 Å². The molecule has 0 atom stereocenters. The van der Waals surface area contributed by atoms with Crippen LogP contribution >= 0.6 is 0 Å². The van der Waals surface area contributed by atoms with E-state index in [2.05, 4.69) is 4.98 Å². The van der Waals surface area contributed by atoms with Gasteiger partial charge in [-0.15, -0.1) is 0 Å². The number of nitrogens with zero attached hydrogens (tertiary/aromatic N) is 1. The minimum atomic E-state index is -3.23. The molecule has 0 saturated heterocycles. The highest BCUT2D eigenvalue weighted by molar-refractivity contribution is 5.17. The predicted octanol–water partition coefficient (Wildman–Crippen LogP) is 1.47. The zero-order valence-corrected chi connectivity index (χ0v) is 6.59. The summed E-state index contributed by atoms with van der Waals surface area (Å²) in [4.78, 5) is 3.47. The molecular formula is C8H9F2NO. The number of pyridine rings is 1. The first kappa shape index (κ1) is 9.06. The molecule has 2 nitrogen and oxygen atoms in total. The maximum absolute atomic E-state index is 12.8. The van der Waals surface area contributed by atoms with Crippen LogP contribution in [0.1, 0.15) is 11.3 Å². The summed E-state index contributed by atoms with van der Waals surface area (Å²) in [5.74, 6) is -3.23. The Kier molecular flexibility index (Phi) is 2.38. The molecule has 0 aliphatic heterocycles. The molecule has 0 amide bonds. The molecule has 0 unspecified atom stereocenters. The Morgan fingerprint density at radius 2 is 2.25 bits per heavy atom. The van der Waals surface area contributed by atoms with Crippen molar-refractivity contribution in [3.63, 3.8) is 0 Å². The molecule has 66 valence electrons. The van der Waals surface area contributed by atoms with E-state index in [4.69, 9.17) is 5.11 Å². The first-order valence-electron chi connectivity index (χ1n) is 3.48. The lowest BCUT2D eigenvalue weighted by Crippen LogP contribution is -2.20. The van der Waals surface area contributed by atoms with Crippen molar-refractivity contribution in [2.75, 3.05) is 6.61 Å². The second-order valence-electron chi connectivity index (χ2n) is 2.58. The number of hydrogen-bond acceptors (Lipinski definition) is 2. The molecule has 0 spiro atoms. The summed E-state index contributed by atoms with van der Waals surface area (Å²) in [6, 6.07) is 2.88. The Morgan fingerprint density at radius 3 is 2.75 bits per heavy atom. The second kappa shape index (κ2) is 3.15. The molecule has 0 saturated carbocycles. The highest BCUT2D eigenvalue weighted by atomic mass is 19.3. The standard InChI is InChI=1S/C8H9F2NO/c1-6-2-3-11-7(4-6)8(9,10)5-12/h2-4,12H,5H2,1H3. The molecule has 1 aromatic rings. The quantitative estimate of drug-likeness (QED) is 0.734. The van der Waals surface area contributed by atoms with Crippen LogP contribution in [0.2, 0.25) is 0 Å². The van der Waals surface area contributed by atoms with Gasteiger partial charge in [-0.2, -0.15) is 8.78 Å². The fourth-order valence-electron chi connectivity index (χ4n) is 0.817. The molecule has 0 aliphatic rings. The summed E-state index contributed by atoms with van der Waals surface area (Å²) in [6.07, 6.45) is 1.30. The van der Waals surface area contributed by atoms with Crippen molar-refractivity contribution in [1.29, 1.82) is 0 Å². The fourth-order valence-corrected chi connectivity index (χ4v) is 0.817. The van der Waals surface area contributed by atoms with Gasteiger partial charge in [0.25, 0.3) is 0 Å². The van der Waals surface area contributed by atoms with Crippen molar-refractivity contribution in [3.8, 4) is 0 Å². The highest BCUT2D eigenvalue weighted by Crippen LogP contribution is 2.25. The van der Waals surface area contributed by atoms with Crippen LogP contribution in [0.5, 0.6) is 0 Å². The van der Waals surface area contributed by atoms with Crippen LogP contribution in [-0.4, -0.2) is 16.7 Å². The largest absolute Gasteiger partial charge is 0.390 e. The molecule has 0 aliphatic carbocycles. The van der Waals surface area contributed by atoms with Crippen molar-refractivity contribution < 1.29 is 13.9 Å². The third-order valence-corrected chi connectivity index (χ3v) is 1.49. The summed E-state index contributed by atoms with van der Waals surface area (Å²) < 4.78 is 25.5. The summed E-state index contributed by atoms with van der Waals surface area (Å²) in [5.41, 5.74) is 0.318. The zero-order valence-electron chi connectivity index (χ0n) is 6.59. The SMILES string of the molecule is Cc1ccnc(C(F)(F)CO)c1. The molecule has 0 radical (unpaired) electrons. The van der Waals surface area contributed by atoms with Crippen molar-refractivity contribution in [3.05, 3.63) is 29.6 Å². The van der Waals surface area contributed by atoms with Crippen molar-refractivity contribution >= 4 is 0 Å². The van der Waals surface area contributed by atoms with E-state index >= 15 is 0 Å². The number of halogens is 2. The van der Waals surface area contributed by atoms with Gasteiger partial charge in [0.2, 0.25) is 0 Å². The third-order valence-electron chi connectivity index (χ3n) is 1.49. The van der Waals surface area contributed by atoms with Crippen molar-refractivity contribution in [2.45, 2.75) is 12.8 Å².